The Labute approximate surface area is 125 Å². The van der Waals surface area contributed by atoms with Gasteiger partial charge in [0.05, 0.1) is 30.2 Å². The maximum Gasteiger partial charge on any atom is 0.118 e. The second-order valence-electron chi connectivity index (χ2n) is 4.59. The molecule has 1 heterocycles. The van der Waals surface area contributed by atoms with Gasteiger partial charge >= 0.3 is 0 Å². The monoisotopic (exact) mass is 305 g/mol. The predicted octanol–water partition coefficient (Wildman–Crippen LogP) is 2.55. The van der Waals surface area contributed by atoms with Gasteiger partial charge in [0.25, 0.3) is 0 Å². The lowest BCUT2D eigenvalue weighted by Gasteiger charge is -2.24. The number of anilines is 1. The molecule has 0 fully saturated rings. The van der Waals surface area contributed by atoms with Crippen molar-refractivity contribution < 1.29 is 19.0 Å². The molecule has 0 radical (unpaired) electrons. The molecule has 2 aromatic rings. The summed E-state index contributed by atoms with van der Waals surface area (Å²) in [5.41, 5.74) is 1.51. The molecular formula is C15H15NO4S. The van der Waals surface area contributed by atoms with Crippen LogP contribution in [0.15, 0.2) is 52.3 Å². The Hall–Kier alpha value is -1.89. The second kappa shape index (κ2) is 5.85. The SMILES string of the molecule is COc1ccc(S(=O)c2ccc3c(c2)CCON3O)cc1. The number of fused-ring (bicyclic) bond motifs is 1. The largest absolute Gasteiger partial charge is 0.497 e. The highest BCUT2D eigenvalue weighted by molar-refractivity contribution is 7.85. The van der Waals surface area contributed by atoms with Gasteiger partial charge in [-0.1, -0.05) is 0 Å². The highest BCUT2D eigenvalue weighted by Crippen LogP contribution is 2.28. The van der Waals surface area contributed by atoms with Crippen LogP contribution >= 0.6 is 0 Å². The van der Waals surface area contributed by atoms with Crippen molar-refractivity contribution in [1.82, 2.24) is 0 Å². The van der Waals surface area contributed by atoms with Crippen molar-refractivity contribution in [1.29, 1.82) is 0 Å². The van der Waals surface area contributed by atoms with Gasteiger partial charge in [-0.3, -0.25) is 5.21 Å². The minimum absolute atomic E-state index is 0.405. The van der Waals surface area contributed by atoms with Crippen molar-refractivity contribution in [3.8, 4) is 5.75 Å². The minimum Gasteiger partial charge on any atom is -0.497 e. The first-order valence-electron chi connectivity index (χ1n) is 6.50. The zero-order valence-corrected chi connectivity index (χ0v) is 12.3. The van der Waals surface area contributed by atoms with Gasteiger partial charge in [-0.2, -0.15) is 0 Å². The average molecular weight is 305 g/mol. The molecule has 1 aliphatic heterocycles. The molecule has 6 heteroatoms. The number of hydrogen-bond donors (Lipinski definition) is 1. The Kier molecular flexibility index (Phi) is 3.92. The zero-order chi connectivity index (χ0) is 14.8. The third-order valence-electron chi connectivity index (χ3n) is 3.33. The van der Waals surface area contributed by atoms with Gasteiger partial charge < -0.3 is 4.74 Å². The quantitative estimate of drug-likeness (QED) is 0.944. The van der Waals surface area contributed by atoms with Crippen LogP contribution in [0.1, 0.15) is 5.56 Å². The number of benzene rings is 2. The topological polar surface area (TPSA) is 59.0 Å². The van der Waals surface area contributed by atoms with Gasteiger partial charge in [0.2, 0.25) is 0 Å². The average Bonchev–Trinajstić information content (AvgIpc) is 2.54. The summed E-state index contributed by atoms with van der Waals surface area (Å²) in [7, 11) is 0.333. The summed E-state index contributed by atoms with van der Waals surface area (Å²) in [5.74, 6) is 0.731. The van der Waals surface area contributed by atoms with E-state index in [4.69, 9.17) is 9.57 Å². The molecule has 5 nitrogen and oxygen atoms in total. The van der Waals surface area contributed by atoms with Gasteiger partial charge in [-0.05, 0) is 48.0 Å². The van der Waals surface area contributed by atoms with Crippen molar-refractivity contribution in [2.75, 3.05) is 18.9 Å². The summed E-state index contributed by atoms with van der Waals surface area (Å²) in [6, 6.07) is 12.4. The highest BCUT2D eigenvalue weighted by Gasteiger charge is 2.18. The van der Waals surface area contributed by atoms with Crippen LogP contribution < -0.4 is 9.96 Å². The second-order valence-corrected chi connectivity index (χ2v) is 6.07. The summed E-state index contributed by atoms with van der Waals surface area (Å²) in [6.07, 6.45) is 0.681. The van der Waals surface area contributed by atoms with Crippen molar-refractivity contribution in [3.63, 3.8) is 0 Å². The van der Waals surface area contributed by atoms with Crippen LogP contribution in [0.2, 0.25) is 0 Å². The molecule has 110 valence electrons. The number of methoxy groups -OCH3 is 1. The maximum atomic E-state index is 12.6. The van der Waals surface area contributed by atoms with E-state index in [9.17, 15) is 9.42 Å². The molecule has 21 heavy (non-hydrogen) atoms. The molecule has 0 amide bonds. The van der Waals surface area contributed by atoms with Crippen LogP contribution in [0.3, 0.4) is 0 Å². The molecule has 1 N–H and O–H groups in total. The van der Waals surface area contributed by atoms with E-state index in [2.05, 4.69) is 0 Å². The lowest BCUT2D eigenvalue weighted by molar-refractivity contribution is -0.0473. The summed E-state index contributed by atoms with van der Waals surface area (Å²) >= 11 is 0. The van der Waals surface area contributed by atoms with Crippen LogP contribution in [-0.4, -0.2) is 23.1 Å². The Morgan fingerprint density at radius 3 is 2.62 bits per heavy atom. The Bertz CT molecular complexity index is 672. The van der Waals surface area contributed by atoms with Gasteiger partial charge in [0, 0.05) is 16.2 Å². The van der Waals surface area contributed by atoms with Gasteiger partial charge in [0.1, 0.15) is 5.75 Å². The fraction of sp³-hybridized carbons (Fsp3) is 0.200. The summed E-state index contributed by atoms with van der Waals surface area (Å²) in [4.78, 5) is 6.43. The first-order chi connectivity index (χ1) is 10.2. The number of hydrogen-bond acceptors (Lipinski definition) is 5. The number of nitrogens with zero attached hydrogens (tertiary/aromatic N) is 1. The lowest BCUT2D eigenvalue weighted by atomic mass is 10.1. The van der Waals surface area contributed by atoms with E-state index in [0.717, 1.165) is 16.5 Å². The van der Waals surface area contributed by atoms with E-state index < -0.39 is 10.8 Å². The molecule has 1 unspecified atom stereocenters. The molecule has 1 aliphatic rings. The summed E-state index contributed by atoms with van der Waals surface area (Å²) in [6.45, 7) is 0.405. The van der Waals surface area contributed by atoms with Gasteiger partial charge in [-0.15, -0.1) is 5.23 Å². The number of rotatable bonds is 3. The van der Waals surface area contributed by atoms with Crippen molar-refractivity contribution >= 4 is 16.5 Å². The molecule has 2 aromatic carbocycles. The Balaban J connectivity index is 1.90. The van der Waals surface area contributed by atoms with Crippen LogP contribution in [0, 0.1) is 0 Å². The number of ether oxygens (including phenoxy) is 1. The lowest BCUT2D eigenvalue weighted by Crippen LogP contribution is -2.26. The Morgan fingerprint density at radius 1 is 1.19 bits per heavy atom. The molecule has 0 saturated heterocycles. The van der Waals surface area contributed by atoms with Crippen molar-refractivity contribution in [3.05, 3.63) is 48.0 Å². The van der Waals surface area contributed by atoms with E-state index in [1.165, 1.54) is 0 Å². The smallest absolute Gasteiger partial charge is 0.118 e. The van der Waals surface area contributed by atoms with Gasteiger partial charge in [-0.25, -0.2) is 9.05 Å². The van der Waals surface area contributed by atoms with Crippen LogP contribution in [-0.2, 0) is 22.1 Å². The van der Waals surface area contributed by atoms with Gasteiger partial charge in [0.15, 0.2) is 0 Å². The molecular weight excluding hydrogens is 290 g/mol. The summed E-state index contributed by atoms with van der Waals surface area (Å²) in [5, 5.41) is 10.3. The third-order valence-corrected chi connectivity index (χ3v) is 4.71. The fourth-order valence-electron chi connectivity index (χ4n) is 2.21. The Morgan fingerprint density at radius 2 is 1.90 bits per heavy atom. The minimum atomic E-state index is -1.26. The molecule has 1 atom stereocenters. The molecule has 0 saturated carbocycles. The molecule has 0 aromatic heterocycles. The predicted molar refractivity (Wildman–Crippen MR) is 78.0 cm³/mol. The van der Waals surface area contributed by atoms with Crippen molar-refractivity contribution in [2.45, 2.75) is 16.2 Å². The van der Waals surface area contributed by atoms with Crippen LogP contribution in [0.4, 0.5) is 5.69 Å². The standard InChI is InChI=1S/C15H15NO4S/c1-19-12-2-4-13(5-3-12)21(18)14-6-7-15-11(10-14)8-9-20-16(15)17/h2-7,10,17H,8-9H2,1H3. The highest BCUT2D eigenvalue weighted by atomic mass is 32.2. The third kappa shape index (κ3) is 2.78. The van der Waals surface area contributed by atoms with Crippen LogP contribution in [0.5, 0.6) is 5.75 Å². The first kappa shape index (κ1) is 14.1. The molecule has 3 rings (SSSR count). The van der Waals surface area contributed by atoms with E-state index in [0.29, 0.717) is 28.5 Å². The maximum absolute atomic E-state index is 12.6. The molecule has 0 spiro atoms. The van der Waals surface area contributed by atoms with E-state index in [-0.39, 0.29) is 0 Å². The fourth-order valence-corrected chi connectivity index (χ4v) is 3.31. The normalized spacial score (nSPS) is 15.4. The molecule has 0 bridgehead atoms. The first-order valence-corrected chi connectivity index (χ1v) is 7.64. The van der Waals surface area contributed by atoms with Crippen LogP contribution in [0.25, 0.3) is 0 Å². The zero-order valence-electron chi connectivity index (χ0n) is 11.5. The summed E-state index contributed by atoms with van der Waals surface area (Å²) < 4.78 is 17.7. The van der Waals surface area contributed by atoms with E-state index in [1.54, 1.807) is 43.5 Å². The molecule has 0 aliphatic carbocycles. The van der Waals surface area contributed by atoms with Crippen molar-refractivity contribution in [2.24, 2.45) is 0 Å². The van der Waals surface area contributed by atoms with E-state index in [1.807, 2.05) is 6.07 Å². The van der Waals surface area contributed by atoms with E-state index >= 15 is 0 Å².